The third kappa shape index (κ3) is 3.96. The minimum absolute atomic E-state index is 0.0244. The fourth-order valence-corrected chi connectivity index (χ4v) is 5.13. The number of imidazole rings is 1. The SMILES string of the molecule is CCC(O)(CC)P(=O)(O)OC(C)C[C@H]1O[C@@H](n2cnc3c(=O)[nH]cnc32)[C@H](O)[C@@H]1O. The van der Waals surface area contributed by atoms with Crippen molar-refractivity contribution in [2.45, 2.75) is 76.0 Å². The van der Waals surface area contributed by atoms with Crippen LogP contribution in [0, 0.1) is 0 Å². The average Bonchev–Trinajstić information content (AvgIpc) is 3.24. The average molecular weight is 446 g/mol. The van der Waals surface area contributed by atoms with E-state index in [0.717, 1.165) is 0 Å². The van der Waals surface area contributed by atoms with E-state index in [2.05, 4.69) is 15.0 Å². The Hall–Kier alpha value is -1.66. The van der Waals surface area contributed by atoms with Crippen LogP contribution in [-0.4, -0.2) is 69.5 Å². The molecule has 0 radical (unpaired) electrons. The third-order valence-corrected chi connectivity index (χ3v) is 7.85. The third-order valence-electron chi connectivity index (χ3n) is 5.52. The second-order valence-electron chi connectivity index (χ2n) is 7.46. The lowest BCUT2D eigenvalue weighted by Gasteiger charge is -2.32. The summed E-state index contributed by atoms with van der Waals surface area (Å²) in [6.07, 6.45) is -3.04. The van der Waals surface area contributed by atoms with Gasteiger partial charge in [0.05, 0.1) is 24.9 Å². The van der Waals surface area contributed by atoms with E-state index in [1.54, 1.807) is 13.8 Å². The van der Waals surface area contributed by atoms with Crippen molar-refractivity contribution in [3.8, 4) is 0 Å². The van der Waals surface area contributed by atoms with Crippen molar-refractivity contribution in [3.05, 3.63) is 23.0 Å². The molecule has 3 heterocycles. The number of aliphatic hydroxyl groups excluding tert-OH is 2. The van der Waals surface area contributed by atoms with E-state index in [0.29, 0.717) is 0 Å². The van der Waals surface area contributed by atoms with Gasteiger partial charge in [-0.2, -0.15) is 0 Å². The van der Waals surface area contributed by atoms with Crippen molar-refractivity contribution in [2.75, 3.05) is 0 Å². The van der Waals surface area contributed by atoms with Gasteiger partial charge in [-0.1, -0.05) is 13.8 Å². The van der Waals surface area contributed by atoms with Crippen LogP contribution in [-0.2, 0) is 13.8 Å². The molecular weight excluding hydrogens is 419 g/mol. The standard InChI is InChI=1S/C17H27N4O8P/c1-4-17(25,5-2)30(26,27)29-9(3)6-10-12(22)13(23)16(28-10)21-8-20-11-14(21)18-7-19-15(11)24/h7-10,12-13,16,22-23,25H,4-6H2,1-3H3,(H,26,27)(H,18,19,24)/t9?,10-,12-,13-,16-/m1/s1. The molecule has 2 aromatic heterocycles. The Bertz CT molecular complexity index is 990. The van der Waals surface area contributed by atoms with E-state index in [1.807, 2.05) is 0 Å². The number of H-pyrrole nitrogens is 1. The summed E-state index contributed by atoms with van der Waals surface area (Å²) in [7, 11) is -4.37. The summed E-state index contributed by atoms with van der Waals surface area (Å²) in [5.41, 5.74) is -0.221. The molecule has 1 aliphatic heterocycles. The number of nitrogens with one attached hydrogen (secondary N) is 1. The Morgan fingerprint density at radius 2 is 2.00 bits per heavy atom. The first-order chi connectivity index (χ1) is 14.0. The van der Waals surface area contributed by atoms with Gasteiger partial charge in [0, 0.05) is 6.42 Å². The van der Waals surface area contributed by atoms with Crippen LogP contribution in [0.15, 0.2) is 17.4 Å². The number of fused-ring (bicyclic) bond motifs is 1. The largest absolute Gasteiger partial charge is 0.388 e. The van der Waals surface area contributed by atoms with E-state index < -0.39 is 49.1 Å². The highest BCUT2D eigenvalue weighted by atomic mass is 31.2. The lowest BCUT2D eigenvalue weighted by molar-refractivity contribution is -0.0474. The molecule has 3 rings (SSSR count). The van der Waals surface area contributed by atoms with Gasteiger partial charge in [-0.25, -0.2) is 9.97 Å². The zero-order chi connectivity index (χ0) is 22.3. The van der Waals surface area contributed by atoms with Crippen LogP contribution in [0.3, 0.4) is 0 Å². The molecule has 13 heteroatoms. The summed E-state index contributed by atoms with van der Waals surface area (Å²) in [6.45, 7) is 4.68. The van der Waals surface area contributed by atoms with Crippen LogP contribution >= 0.6 is 7.60 Å². The summed E-state index contributed by atoms with van der Waals surface area (Å²) in [4.78, 5) is 32.4. The molecule has 0 aromatic carbocycles. The highest BCUT2D eigenvalue weighted by Gasteiger charge is 2.48. The topological polar surface area (TPSA) is 180 Å². The fraction of sp³-hybridized carbons (Fsp3) is 0.706. The fourth-order valence-electron chi connectivity index (χ4n) is 3.56. The zero-order valence-electron chi connectivity index (χ0n) is 16.9. The predicted molar refractivity (Wildman–Crippen MR) is 105 cm³/mol. The molecule has 0 bridgehead atoms. The predicted octanol–water partition coefficient (Wildman–Crippen LogP) is 0.228. The molecule has 6 atom stereocenters. The van der Waals surface area contributed by atoms with Gasteiger partial charge < -0.3 is 34.5 Å². The van der Waals surface area contributed by atoms with Crippen LogP contribution in [0.4, 0.5) is 0 Å². The molecule has 1 fully saturated rings. The molecular formula is C17H27N4O8P. The lowest BCUT2D eigenvalue weighted by atomic mass is 10.1. The summed E-state index contributed by atoms with van der Waals surface area (Å²) in [5, 5.41) is 29.4. The van der Waals surface area contributed by atoms with Crippen molar-refractivity contribution >= 4 is 18.8 Å². The summed E-state index contributed by atoms with van der Waals surface area (Å²) in [6, 6.07) is 0. The summed E-state index contributed by atoms with van der Waals surface area (Å²) >= 11 is 0. The Morgan fingerprint density at radius 1 is 1.33 bits per heavy atom. The second kappa shape index (κ2) is 8.46. The number of aromatic nitrogens is 4. The number of nitrogens with zero attached hydrogens (tertiary/aromatic N) is 3. The lowest BCUT2D eigenvalue weighted by Crippen LogP contribution is -2.34. The summed E-state index contributed by atoms with van der Waals surface area (Å²) < 4.78 is 24.9. The maximum Gasteiger partial charge on any atom is 0.359 e. The maximum atomic E-state index is 12.5. The van der Waals surface area contributed by atoms with Gasteiger partial charge in [0.1, 0.15) is 12.2 Å². The minimum atomic E-state index is -4.37. The number of ether oxygens (including phenoxy) is 1. The highest BCUT2D eigenvalue weighted by molar-refractivity contribution is 7.54. The summed E-state index contributed by atoms with van der Waals surface area (Å²) in [5.74, 6) is 0. The van der Waals surface area contributed by atoms with Gasteiger partial charge in [-0.15, -0.1) is 0 Å². The molecule has 12 nitrogen and oxygen atoms in total. The molecule has 2 unspecified atom stereocenters. The first kappa shape index (κ1) is 23.0. The van der Waals surface area contributed by atoms with Gasteiger partial charge >= 0.3 is 7.60 Å². The number of aromatic amines is 1. The molecule has 0 amide bonds. The Balaban J connectivity index is 1.75. The molecule has 0 aliphatic carbocycles. The molecule has 2 aromatic rings. The first-order valence-electron chi connectivity index (χ1n) is 9.70. The van der Waals surface area contributed by atoms with Crippen LogP contribution < -0.4 is 5.56 Å². The number of aliphatic hydroxyl groups is 3. The van der Waals surface area contributed by atoms with Crippen molar-refractivity contribution in [3.63, 3.8) is 0 Å². The molecule has 1 saturated heterocycles. The second-order valence-corrected chi connectivity index (χ2v) is 9.55. The first-order valence-corrected chi connectivity index (χ1v) is 11.3. The molecule has 0 spiro atoms. The number of hydrogen-bond acceptors (Lipinski definition) is 9. The highest BCUT2D eigenvalue weighted by Crippen LogP contribution is 2.58. The van der Waals surface area contributed by atoms with E-state index >= 15 is 0 Å². The Morgan fingerprint density at radius 3 is 2.63 bits per heavy atom. The van der Waals surface area contributed by atoms with Crippen LogP contribution in [0.5, 0.6) is 0 Å². The smallest absolute Gasteiger partial charge is 0.359 e. The van der Waals surface area contributed by atoms with E-state index in [-0.39, 0.29) is 30.4 Å². The van der Waals surface area contributed by atoms with Crippen molar-refractivity contribution in [1.82, 2.24) is 19.5 Å². The maximum absolute atomic E-state index is 12.5. The molecule has 30 heavy (non-hydrogen) atoms. The van der Waals surface area contributed by atoms with Gasteiger partial charge in [-0.05, 0) is 19.8 Å². The van der Waals surface area contributed by atoms with Crippen molar-refractivity contribution < 1.29 is 34.0 Å². The normalized spacial score (nSPS) is 28.0. The van der Waals surface area contributed by atoms with E-state index in [4.69, 9.17) is 9.26 Å². The number of rotatable bonds is 8. The Labute approximate surface area is 172 Å². The molecule has 168 valence electrons. The monoisotopic (exact) mass is 446 g/mol. The van der Waals surface area contributed by atoms with E-state index in [1.165, 1.54) is 24.1 Å². The number of hydrogen-bond donors (Lipinski definition) is 5. The Kier molecular flexibility index (Phi) is 6.49. The molecule has 1 aliphatic rings. The van der Waals surface area contributed by atoms with Gasteiger partial charge in [-0.3, -0.25) is 13.9 Å². The van der Waals surface area contributed by atoms with Crippen molar-refractivity contribution in [2.24, 2.45) is 0 Å². The van der Waals surface area contributed by atoms with Crippen molar-refractivity contribution in [1.29, 1.82) is 0 Å². The van der Waals surface area contributed by atoms with Crippen LogP contribution in [0.2, 0.25) is 0 Å². The van der Waals surface area contributed by atoms with Crippen LogP contribution in [0.25, 0.3) is 11.2 Å². The van der Waals surface area contributed by atoms with Gasteiger partial charge in [0.25, 0.3) is 5.56 Å². The van der Waals surface area contributed by atoms with Gasteiger partial charge in [0.2, 0.25) is 0 Å². The quantitative estimate of drug-likeness (QED) is 0.352. The zero-order valence-corrected chi connectivity index (χ0v) is 17.8. The van der Waals surface area contributed by atoms with Crippen LogP contribution in [0.1, 0.15) is 46.3 Å². The van der Waals surface area contributed by atoms with Gasteiger partial charge in [0.15, 0.2) is 22.7 Å². The molecule has 0 saturated carbocycles. The minimum Gasteiger partial charge on any atom is -0.388 e. The molecule has 5 N–H and O–H groups in total. The van der Waals surface area contributed by atoms with E-state index in [9.17, 15) is 29.6 Å².